The molecule has 0 spiro atoms. The highest BCUT2D eigenvalue weighted by atomic mass is 19.1. The van der Waals surface area contributed by atoms with Crippen molar-refractivity contribution < 1.29 is 14.3 Å². The van der Waals surface area contributed by atoms with Gasteiger partial charge in [0.1, 0.15) is 5.82 Å². The van der Waals surface area contributed by atoms with E-state index in [2.05, 4.69) is 16.0 Å². The molecule has 0 aliphatic carbocycles. The van der Waals surface area contributed by atoms with E-state index < -0.39 is 5.60 Å². The van der Waals surface area contributed by atoms with Gasteiger partial charge in [-0.25, -0.2) is 9.18 Å². The van der Waals surface area contributed by atoms with Gasteiger partial charge in [-0.2, -0.15) is 0 Å². The SMILES string of the molecule is O=C(NCc1cccc(F)c1)NCC1(O)CCCNC1. The van der Waals surface area contributed by atoms with Gasteiger partial charge in [-0.1, -0.05) is 12.1 Å². The van der Waals surface area contributed by atoms with Gasteiger partial charge < -0.3 is 21.1 Å². The Morgan fingerprint density at radius 2 is 2.30 bits per heavy atom. The number of hydrogen-bond donors (Lipinski definition) is 4. The van der Waals surface area contributed by atoms with Crippen molar-refractivity contribution in [2.75, 3.05) is 19.6 Å². The summed E-state index contributed by atoms with van der Waals surface area (Å²) < 4.78 is 13.0. The van der Waals surface area contributed by atoms with Crippen molar-refractivity contribution in [2.45, 2.75) is 25.0 Å². The highest BCUT2D eigenvalue weighted by molar-refractivity contribution is 5.73. The van der Waals surface area contributed by atoms with Gasteiger partial charge >= 0.3 is 6.03 Å². The fourth-order valence-corrected chi connectivity index (χ4v) is 2.24. The number of urea groups is 1. The Labute approximate surface area is 117 Å². The summed E-state index contributed by atoms with van der Waals surface area (Å²) in [4.78, 5) is 11.6. The molecule has 1 aromatic rings. The number of hydrogen-bond acceptors (Lipinski definition) is 3. The van der Waals surface area contributed by atoms with Gasteiger partial charge in [0.05, 0.1) is 5.60 Å². The smallest absolute Gasteiger partial charge is 0.315 e. The molecular formula is C14H20FN3O2. The predicted octanol–water partition coefficient (Wildman–Crippen LogP) is 0.739. The summed E-state index contributed by atoms with van der Waals surface area (Å²) in [6.07, 6.45) is 1.56. The van der Waals surface area contributed by atoms with Crippen LogP contribution in [0.4, 0.5) is 9.18 Å². The van der Waals surface area contributed by atoms with Crippen molar-refractivity contribution in [2.24, 2.45) is 0 Å². The van der Waals surface area contributed by atoms with Crippen LogP contribution in [0.1, 0.15) is 18.4 Å². The molecule has 4 N–H and O–H groups in total. The van der Waals surface area contributed by atoms with Crippen molar-refractivity contribution in [3.05, 3.63) is 35.6 Å². The van der Waals surface area contributed by atoms with Crippen LogP contribution in [0.2, 0.25) is 0 Å². The van der Waals surface area contributed by atoms with Gasteiger partial charge in [0.2, 0.25) is 0 Å². The average Bonchev–Trinajstić information content (AvgIpc) is 2.44. The molecule has 110 valence electrons. The first kappa shape index (κ1) is 14.7. The predicted molar refractivity (Wildman–Crippen MR) is 73.7 cm³/mol. The summed E-state index contributed by atoms with van der Waals surface area (Å²) >= 11 is 0. The topological polar surface area (TPSA) is 73.4 Å². The molecule has 1 aromatic carbocycles. The Morgan fingerprint density at radius 1 is 1.45 bits per heavy atom. The van der Waals surface area contributed by atoms with Crippen LogP contribution in [0.5, 0.6) is 0 Å². The number of rotatable bonds is 4. The molecule has 0 saturated carbocycles. The van der Waals surface area contributed by atoms with Crippen LogP contribution in [0, 0.1) is 5.82 Å². The zero-order chi connectivity index (χ0) is 14.4. The molecule has 5 nitrogen and oxygen atoms in total. The van der Waals surface area contributed by atoms with Crippen molar-refractivity contribution in [1.82, 2.24) is 16.0 Å². The Hall–Kier alpha value is -1.66. The van der Waals surface area contributed by atoms with Crippen molar-refractivity contribution in [3.63, 3.8) is 0 Å². The van der Waals surface area contributed by atoms with Gasteiger partial charge in [0.25, 0.3) is 0 Å². The van der Waals surface area contributed by atoms with Crippen molar-refractivity contribution in [1.29, 1.82) is 0 Å². The maximum absolute atomic E-state index is 13.0. The van der Waals surface area contributed by atoms with E-state index in [1.54, 1.807) is 12.1 Å². The summed E-state index contributed by atoms with van der Waals surface area (Å²) in [6, 6.07) is 5.70. The van der Waals surface area contributed by atoms with Gasteiger partial charge in [-0.15, -0.1) is 0 Å². The molecule has 2 amide bonds. The van der Waals surface area contributed by atoms with Gasteiger partial charge in [0.15, 0.2) is 0 Å². The molecule has 1 saturated heterocycles. The van der Waals surface area contributed by atoms with Crippen LogP contribution in [0.25, 0.3) is 0 Å². The molecule has 2 rings (SSSR count). The first-order chi connectivity index (χ1) is 9.57. The van der Waals surface area contributed by atoms with E-state index in [9.17, 15) is 14.3 Å². The lowest BCUT2D eigenvalue weighted by atomic mass is 9.94. The third kappa shape index (κ3) is 4.47. The molecule has 0 bridgehead atoms. The zero-order valence-electron chi connectivity index (χ0n) is 11.3. The number of nitrogens with one attached hydrogen (secondary N) is 3. The van der Waals surface area contributed by atoms with E-state index >= 15 is 0 Å². The minimum absolute atomic E-state index is 0.203. The number of carbonyl (C=O) groups is 1. The molecule has 1 aliphatic rings. The number of β-amino-alcohol motifs (C(OH)–C–C–N with tert-alkyl or cyclic N) is 1. The highest BCUT2D eigenvalue weighted by Crippen LogP contribution is 2.14. The average molecular weight is 281 g/mol. The molecule has 0 radical (unpaired) electrons. The molecule has 1 atom stereocenters. The van der Waals surface area contributed by atoms with E-state index in [1.807, 2.05) is 0 Å². The Bertz CT molecular complexity index is 461. The monoisotopic (exact) mass is 281 g/mol. The fraction of sp³-hybridized carbons (Fsp3) is 0.500. The third-order valence-corrected chi connectivity index (χ3v) is 3.37. The first-order valence-electron chi connectivity index (χ1n) is 6.77. The van der Waals surface area contributed by atoms with Crippen LogP contribution in [-0.4, -0.2) is 36.4 Å². The molecule has 20 heavy (non-hydrogen) atoms. The summed E-state index contributed by atoms with van der Waals surface area (Å²) in [7, 11) is 0. The zero-order valence-corrected chi connectivity index (χ0v) is 11.3. The first-order valence-corrected chi connectivity index (χ1v) is 6.77. The Morgan fingerprint density at radius 3 is 3.00 bits per heavy atom. The van der Waals surface area contributed by atoms with Gasteiger partial charge in [-0.05, 0) is 37.1 Å². The van der Waals surface area contributed by atoms with E-state index in [0.717, 1.165) is 13.0 Å². The Kier molecular flexibility index (Phi) is 4.92. The lowest BCUT2D eigenvalue weighted by molar-refractivity contribution is 0.0194. The second kappa shape index (κ2) is 6.67. The second-order valence-electron chi connectivity index (χ2n) is 5.17. The minimum atomic E-state index is -0.881. The number of aliphatic hydroxyl groups is 1. The molecule has 0 aromatic heterocycles. The minimum Gasteiger partial charge on any atom is -0.387 e. The molecular weight excluding hydrogens is 261 g/mol. The standard InChI is InChI=1S/C14H20FN3O2/c15-12-4-1-3-11(7-12)8-17-13(19)18-10-14(20)5-2-6-16-9-14/h1,3-4,7,16,20H,2,5-6,8-10H2,(H2,17,18,19). The van der Waals surface area contributed by atoms with Crippen LogP contribution < -0.4 is 16.0 Å². The lowest BCUT2D eigenvalue weighted by Crippen LogP contribution is -2.54. The van der Waals surface area contributed by atoms with E-state index in [0.29, 0.717) is 18.5 Å². The fourth-order valence-electron chi connectivity index (χ4n) is 2.24. The number of benzene rings is 1. The summed E-state index contributed by atoms with van der Waals surface area (Å²) in [5.74, 6) is -0.327. The highest BCUT2D eigenvalue weighted by Gasteiger charge is 2.29. The Balaban J connectivity index is 1.72. The van der Waals surface area contributed by atoms with Crippen LogP contribution in [0.3, 0.4) is 0 Å². The molecule has 1 aliphatic heterocycles. The number of halogens is 1. The number of amides is 2. The molecule has 1 unspecified atom stereocenters. The van der Waals surface area contributed by atoms with E-state index in [-0.39, 0.29) is 24.9 Å². The van der Waals surface area contributed by atoms with Gasteiger partial charge in [-0.3, -0.25) is 0 Å². The summed E-state index contributed by atoms with van der Waals surface area (Å²) in [5.41, 5.74) is -0.188. The molecule has 1 heterocycles. The van der Waals surface area contributed by atoms with Crippen molar-refractivity contribution in [3.8, 4) is 0 Å². The number of piperidine rings is 1. The maximum atomic E-state index is 13.0. The van der Waals surface area contributed by atoms with Crippen molar-refractivity contribution >= 4 is 6.03 Å². The third-order valence-electron chi connectivity index (χ3n) is 3.37. The maximum Gasteiger partial charge on any atom is 0.315 e. The quantitative estimate of drug-likeness (QED) is 0.658. The summed E-state index contributed by atoms with van der Waals surface area (Å²) in [6.45, 7) is 1.83. The van der Waals surface area contributed by atoms with E-state index in [4.69, 9.17) is 0 Å². The van der Waals surface area contributed by atoms with Gasteiger partial charge in [0, 0.05) is 19.6 Å². The second-order valence-corrected chi connectivity index (χ2v) is 5.17. The molecule has 1 fully saturated rings. The molecule has 6 heteroatoms. The van der Waals surface area contributed by atoms with Crippen LogP contribution in [-0.2, 0) is 6.54 Å². The van der Waals surface area contributed by atoms with Crippen LogP contribution >= 0.6 is 0 Å². The van der Waals surface area contributed by atoms with Crippen LogP contribution in [0.15, 0.2) is 24.3 Å². The largest absolute Gasteiger partial charge is 0.387 e. The number of carbonyl (C=O) groups excluding carboxylic acids is 1. The lowest BCUT2D eigenvalue weighted by Gasteiger charge is -2.32. The van der Waals surface area contributed by atoms with E-state index in [1.165, 1.54) is 12.1 Å². The summed E-state index contributed by atoms with van der Waals surface area (Å²) in [5, 5.41) is 18.6. The normalized spacial score (nSPS) is 22.3.